The first-order valence-electron chi connectivity index (χ1n) is 8.08. The largest absolute Gasteiger partial charge is 0.451 e. The van der Waals surface area contributed by atoms with Gasteiger partial charge in [-0.25, -0.2) is 4.68 Å². The average Bonchev–Trinajstić information content (AvgIpc) is 3.01. The normalized spacial score (nSPS) is 11.8. The minimum absolute atomic E-state index is 0. The summed E-state index contributed by atoms with van der Waals surface area (Å²) in [4.78, 5) is 0. The van der Waals surface area contributed by atoms with Crippen molar-refractivity contribution in [1.29, 1.82) is 0 Å². The van der Waals surface area contributed by atoms with E-state index in [1.54, 1.807) is 4.68 Å². The van der Waals surface area contributed by atoms with E-state index >= 15 is 0 Å². The standard InChI is InChI=1S/C15H24BN5O2.ClH/c17-14(10-4-5-11-16(22)23)15-18-19-20-21(15)12-6-9-13-7-2-1-3-8-13;/h1-3,7-8,14,22-23H,4-6,9-12,17H2;1H. The molecule has 132 valence electrons. The van der Waals surface area contributed by atoms with E-state index in [-0.39, 0.29) is 18.4 Å². The number of hydrogen-bond acceptors (Lipinski definition) is 6. The molecule has 1 unspecified atom stereocenters. The van der Waals surface area contributed by atoms with Crippen LogP contribution in [0.1, 0.15) is 43.1 Å². The summed E-state index contributed by atoms with van der Waals surface area (Å²) in [5.41, 5.74) is 7.45. The molecule has 0 aliphatic heterocycles. The molecule has 1 atom stereocenters. The minimum Gasteiger partial charge on any atom is -0.427 e. The van der Waals surface area contributed by atoms with Crippen LogP contribution in [0.5, 0.6) is 0 Å². The lowest BCUT2D eigenvalue weighted by atomic mass is 9.83. The monoisotopic (exact) mass is 353 g/mol. The molecule has 2 rings (SSSR count). The molecule has 0 aliphatic rings. The van der Waals surface area contributed by atoms with E-state index in [4.69, 9.17) is 15.8 Å². The van der Waals surface area contributed by atoms with Gasteiger partial charge in [0.2, 0.25) is 0 Å². The Labute approximate surface area is 148 Å². The SMILES string of the molecule is Cl.NC(CCCCB(O)O)c1nnnn1CCCc1ccccc1. The number of hydrogen-bond donors (Lipinski definition) is 3. The van der Waals surface area contributed by atoms with E-state index in [0.29, 0.717) is 12.1 Å². The highest BCUT2D eigenvalue weighted by atomic mass is 35.5. The molecule has 4 N–H and O–H groups in total. The highest BCUT2D eigenvalue weighted by Gasteiger charge is 2.15. The Morgan fingerprint density at radius 1 is 1.12 bits per heavy atom. The number of unbranched alkanes of at least 4 members (excludes halogenated alkanes) is 1. The Bertz CT molecular complexity index is 570. The smallest absolute Gasteiger partial charge is 0.427 e. The Balaban J connectivity index is 0.00000288. The second-order valence-electron chi connectivity index (χ2n) is 5.72. The molecule has 0 amide bonds. The first kappa shape index (κ1) is 20.6. The van der Waals surface area contributed by atoms with Gasteiger partial charge in [-0.05, 0) is 41.6 Å². The van der Waals surface area contributed by atoms with Crippen LogP contribution in [0.25, 0.3) is 0 Å². The summed E-state index contributed by atoms with van der Waals surface area (Å²) in [5.74, 6) is 0.697. The van der Waals surface area contributed by atoms with Crippen LogP contribution in [0.3, 0.4) is 0 Å². The zero-order chi connectivity index (χ0) is 16.5. The third kappa shape index (κ3) is 6.96. The van der Waals surface area contributed by atoms with Gasteiger partial charge in [0, 0.05) is 6.54 Å². The van der Waals surface area contributed by atoms with E-state index in [1.807, 2.05) is 18.2 Å². The maximum absolute atomic E-state index is 8.82. The van der Waals surface area contributed by atoms with Gasteiger partial charge in [-0.1, -0.05) is 43.2 Å². The van der Waals surface area contributed by atoms with E-state index in [1.165, 1.54) is 5.56 Å². The first-order valence-corrected chi connectivity index (χ1v) is 8.08. The van der Waals surface area contributed by atoms with Crippen molar-refractivity contribution in [1.82, 2.24) is 20.2 Å². The molecule has 0 saturated heterocycles. The van der Waals surface area contributed by atoms with E-state index in [2.05, 4.69) is 27.7 Å². The van der Waals surface area contributed by atoms with E-state index < -0.39 is 7.12 Å². The quantitative estimate of drug-likeness (QED) is 0.439. The van der Waals surface area contributed by atoms with Crippen molar-refractivity contribution in [2.24, 2.45) is 5.73 Å². The third-order valence-electron chi connectivity index (χ3n) is 3.80. The molecule has 0 bridgehead atoms. The number of benzene rings is 1. The molecule has 0 fully saturated rings. The van der Waals surface area contributed by atoms with Gasteiger partial charge in [-0.2, -0.15) is 0 Å². The number of tetrazole rings is 1. The lowest BCUT2D eigenvalue weighted by Gasteiger charge is -2.11. The van der Waals surface area contributed by atoms with Crippen LogP contribution in [0.15, 0.2) is 30.3 Å². The lowest BCUT2D eigenvalue weighted by molar-refractivity contribution is 0.400. The summed E-state index contributed by atoms with van der Waals surface area (Å²) in [5, 5.41) is 29.4. The number of halogens is 1. The molecular weight excluding hydrogens is 328 g/mol. The van der Waals surface area contributed by atoms with Crippen molar-refractivity contribution < 1.29 is 10.0 Å². The second-order valence-corrected chi connectivity index (χ2v) is 5.72. The number of aryl methyl sites for hydroxylation is 2. The van der Waals surface area contributed by atoms with Crippen molar-refractivity contribution in [2.75, 3.05) is 0 Å². The molecule has 0 spiro atoms. The zero-order valence-corrected chi connectivity index (χ0v) is 14.5. The van der Waals surface area contributed by atoms with Gasteiger partial charge in [-0.15, -0.1) is 17.5 Å². The Morgan fingerprint density at radius 2 is 1.88 bits per heavy atom. The highest BCUT2D eigenvalue weighted by Crippen LogP contribution is 2.15. The van der Waals surface area contributed by atoms with Crippen molar-refractivity contribution >= 4 is 19.5 Å². The predicted octanol–water partition coefficient (Wildman–Crippen LogP) is 1.37. The summed E-state index contributed by atoms with van der Waals surface area (Å²) in [7, 11) is -1.24. The predicted molar refractivity (Wildman–Crippen MR) is 95.6 cm³/mol. The highest BCUT2D eigenvalue weighted by molar-refractivity contribution is 6.40. The van der Waals surface area contributed by atoms with E-state index in [9.17, 15) is 0 Å². The number of nitrogens with two attached hydrogens (primary N) is 1. The fraction of sp³-hybridized carbons (Fsp3) is 0.533. The van der Waals surface area contributed by atoms with Crippen molar-refractivity contribution in [3.05, 3.63) is 41.7 Å². The average molecular weight is 354 g/mol. The molecule has 2 aromatic rings. The van der Waals surface area contributed by atoms with Crippen molar-refractivity contribution in [3.63, 3.8) is 0 Å². The Morgan fingerprint density at radius 3 is 2.58 bits per heavy atom. The van der Waals surface area contributed by atoms with Gasteiger partial charge >= 0.3 is 7.12 Å². The number of nitrogens with zero attached hydrogens (tertiary/aromatic N) is 4. The molecular formula is C15H25BClN5O2. The van der Waals surface area contributed by atoms with E-state index in [0.717, 1.165) is 38.6 Å². The van der Waals surface area contributed by atoms with Crippen LogP contribution in [-0.4, -0.2) is 37.4 Å². The topological polar surface area (TPSA) is 110 Å². The first-order chi connectivity index (χ1) is 11.2. The molecule has 0 aliphatic carbocycles. The third-order valence-corrected chi connectivity index (χ3v) is 3.80. The summed E-state index contributed by atoms with van der Waals surface area (Å²) < 4.78 is 1.77. The summed E-state index contributed by atoms with van der Waals surface area (Å²) >= 11 is 0. The Kier molecular flexibility index (Phi) is 9.55. The fourth-order valence-electron chi connectivity index (χ4n) is 2.53. The molecule has 1 heterocycles. The van der Waals surface area contributed by atoms with Crippen LogP contribution in [0, 0.1) is 0 Å². The lowest BCUT2D eigenvalue weighted by Crippen LogP contribution is -2.18. The van der Waals surface area contributed by atoms with Crippen molar-refractivity contribution in [3.8, 4) is 0 Å². The number of aromatic nitrogens is 4. The molecule has 9 heteroatoms. The maximum atomic E-state index is 8.82. The maximum Gasteiger partial charge on any atom is 0.451 e. The summed E-state index contributed by atoms with van der Waals surface area (Å²) in [6.45, 7) is 0.736. The van der Waals surface area contributed by atoms with Crippen LogP contribution < -0.4 is 5.73 Å². The zero-order valence-electron chi connectivity index (χ0n) is 13.7. The minimum atomic E-state index is -1.24. The number of rotatable bonds is 10. The van der Waals surface area contributed by atoms with Crippen molar-refractivity contribution in [2.45, 2.75) is 51.0 Å². The molecule has 24 heavy (non-hydrogen) atoms. The van der Waals surface area contributed by atoms with Gasteiger partial charge in [-0.3, -0.25) is 0 Å². The van der Waals surface area contributed by atoms with Gasteiger partial charge < -0.3 is 15.8 Å². The Hall–Kier alpha value is -1.48. The second kappa shape index (κ2) is 11.1. The molecule has 7 nitrogen and oxygen atoms in total. The molecule has 1 aromatic heterocycles. The van der Waals surface area contributed by atoms with Gasteiger partial charge in [0.15, 0.2) is 5.82 Å². The van der Waals surface area contributed by atoms with Gasteiger partial charge in [0.1, 0.15) is 0 Å². The molecule has 1 aromatic carbocycles. The van der Waals surface area contributed by atoms with Gasteiger partial charge in [0.25, 0.3) is 0 Å². The van der Waals surface area contributed by atoms with Crippen LogP contribution >= 0.6 is 12.4 Å². The summed E-state index contributed by atoms with van der Waals surface area (Å²) in [6.07, 6.45) is 4.56. The van der Waals surface area contributed by atoms with Crippen LogP contribution in [0.2, 0.25) is 6.32 Å². The van der Waals surface area contributed by atoms with Gasteiger partial charge in [0.05, 0.1) is 6.04 Å². The van der Waals surface area contributed by atoms with Crippen LogP contribution in [-0.2, 0) is 13.0 Å². The van der Waals surface area contributed by atoms with Crippen LogP contribution in [0.4, 0.5) is 0 Å². The molecule has 0 radical (unpaired) electrons. The summed E-state index contributed by atoms with van der Waals surface area (Å²) in [6, 6.07) is 10.1. The fourth-order valence-corrected chi connectivity index (χ4v) is 2.53. The molecule has 0 saturated carbocycles.